The molecule has 2 rings (SSSR count). The predicted molar refractivity (Wildman–Crippen MR) is 93.7 cm³/mol. The van der Waals surface area contributed by atoms with E-state index in [2.05, 4.69) is 46.2 Å². The summed E-state index contributed by atoms with van der Waals surface area (Å²) in [6.45, 7) is 6.73. The molecule has 0 amide bonds. The maximum Gasteiger partial charge on any atom is 0.213 e. The topological polar surface area (TPSA) is 58.5 Å². The zero-order valence-electron chi connectivity index (χ0n) is 13.7. The van der Waals surface area contributed by atoms with Crippen molar-refractivity contribution in [1.29, 1.82) is 0 Å². The highest BCUT2D eigenvalue weighted by molar-refractivity contribution is 8.00. The van der Waals surface area contributed by atoms with Crippen LogP contribution in [0.2, 0.25) is 0 Å². The fourth-order valence-electron chi connectivity index (χ4n) is 2.41. The Labute approximate surface area is 137 Å². The van der Waals surface area contributed by atoms with Gasteiger partial charge in [-0.25, -0.2) is 9.98 Å². The Hall–Kier alpha value is -1.43. The number of hydrogen-bond acceptors (Lipinski definition) is 4. The van der Waals surface area contributed by atoms with Gasteiger partial charge in [0, 0.05) is 23.9 Å². The molecule has 0 saturated carbocycles. The number of pyridine rings is 1. The van der Waals surface area contributed by atoms with Crippen molar-refractivity contribution in [2.24, 2.45) is 4.99 Å². The predicted octanol–water partition coefficient (Wildman–Crippen LogP) is 2.43. The Morgan fingerprint density at radius 3 is 3.00 bits per heavy atom. The number of ether oxygens (including phenoxy) is 1. The molecule has 0 bridgehead atoms. The monoisotopic (exact) mass is 322 g/mol. The molecule has 0 aliphatic carbocycles. The van der Waals surface area contributed by atoms with Gasteiger partial charge >= 0.3 is 0 Å². The second kappa shape index (κ2) is 8.27. The largest absolute Gasteiger partial charge is 0.481 e. The van der Waals surface area contributed by atoms with Crippen molar-refractivity contribution in [3.05, 3.63) is 23.9 Å². The number of aromatic nitrogens is 1. The third-order valence-electron chi connectivity index (χ3n) is 3.66. The Bertz CT molecular complexity index is 501. The van der Waals surface area contributed by atoms with Crippen LogP contribution in [0.25, 0.3) is 0 Å². The van der Waals surface area contributed by atoms with E-state index in [1.54, 1.807) is 7.11 Å². The summed E-state index contributed by atoms with van der Waals surface area (Å²) in [6.07, 6.45) is 2.58. The Kier molecular flexibility index (Phi) is 6.36. The summed E-state index contributed by atoms with van der Waals surface area (Å²) in [7, 11) is 1.63. The highest BCUT2D eigenvalue weighted by atomic mass is 32.2. The number of methoxy groups -OCH3 is 1. The van der Waals surface area contributed by atoms with Gasteiger partial charge in [-0.3, -0.25) is 0 Å². The Balaban J connectivity index is 1.93. The van der Waals surface area contributed by atoms with E-state index in [0.717, 1.165) is 24.7 Å². The molecule has 1 saturated heterocycles. The lowest BCUT2D eigenvalue weighted by Crippen LogP contribution is -2.43. The van der Waals surface area contributed by atoms with Gasteiger partial charge in [0.2, 0.25) is 5.88 Å². The molecule has 0 spiro atoms. The van der Waals surface area contributed by atoms with Crippen LogP contribution in [-0.4, -0.2) is 41.6 Å². The Morgan fingerprint density at radius 2 is 2.32 bits per heavy atom. The van der Waals surface area contributed by atoms with Crippen LogP contribution in [0.15, 0.2) is 23.2 Å². The van der Waals surface area contributed by atoms with Crippen molar-refractivity contribution in [3.8, 4) is 5.88 Å². The van der Waals surface area contributed by atoms with Crippen LogP contribution < -0.4 is 15.4 Å². The minimum absolute atomic E-state index is 0.324. The summed E-state index contributed by atoms with van der Waals surface area (Å²) in [6, 6.07) is 5.74. The summed E-state index contributed by atoms with van der Waals surface area (Å²) in [5.74, 6) is 2.74. The van der Waals surface area contributed by atoms with E-state index in [1.165, 1.54) is 18.6 Å². The first kappa shape index (κ1) is 16.9. The number of rotatable bonds is 6. The summed E-state index contributed by atoms with van der Waals surface area (Å²) < 4.78 is 5.47. The molecule has 122 valence electrons. The first-order valence-corrected chi connectivity index (χ1v) is 8.80. The lowest BCUT2D eigenvalue weighted by atomic mass is 10.1. The smallest absolute Gasteiger partial charge is 0.213 e. The first-order valence-electron chi connectivity index (χ1n) is 7.81. The van der Waals surface area contributed by atoms with E-state index in [1.807, 2.05) is 18.2 Å². The van der Waals surface area contributed by atoms with E-state index >= 15 is 0 Å². The summed E-state index contributed by atoms with van der Waals surface area (Å²) in [4.78, 5) is 9.00. The Morgan fingerprint density at radius 1 is 1.45 bits per heavy atom. The third kappa shape index (κ3) is 5.09. The van der Waals surface area contributed by atoms with Crippen molar-refractivity contribution in [2.75, 3.05) is 26.0 Å². The zero-order chi connectivity index (χ0) is 15.8. The number of nitrogens with zero attached hydrogens (tertiary/aromatic N) is 2. The molecular formula is C16H26N4OS. The number of guanidine groups is 1. The van der Waals surface area contributed by atoms with Gasteiger partial charge in [-0.05, 0) is 38.5 Å². The van der Waals surface area contributed by atoms with Gasteiger partial charge in [-0.15, -0.1) is 0 Å². The lowest BCUT2D eigenvalue weighted by molar-refractivity contribution is 0.396. The molecule has 1 atom stereocenters. The maximum atomic E-state index is 5.14. The highest BCUT2D eigenvalue weighted by Gasteiger charge is 2.29. The average Bonchev–Trinajstić information content (AvgIpc) is 2.97. The maximum absolute atomic E-state index is 5.14. The molecule has 1 aliphatic heterocycles. The molecule has 0 radical (unpaired) electrons. The second-order valence-corrected chi connectivity index (χ2v) is 7.30. The number of nitrogens with one attached hydrogen (secondary N) is 2. The molecule has 1 aromatic rings. The van der Waals surface area contributed by atoms with Crippen LogP contribution >= 0.6 is 11.8 Å². The van der Waals surface area contributed by atoms with E-state index in [0.29, 0.717) is 17.2 Å². The molecule has 1 fully saturated rings. The first-order chi connectivity index (χ1) is 10.6. The molecule has 0 aromatic carbocycles. The molecule has 2 heterocycles. The molecule has 22 heavy (non-hydrogen) atoms. The summed E-state index contributed by atoms with van der Waals surface area (Å²) >= 11 is 2.05. The van der Waals surface area contributed by atoms with Crippen molar-refractivity contribution >= 4 is 17.7 Å². The molecule has 2 N–H and O–H groups in total. The van der Waals surface area contributed by atoms with Crippen LogP contribution in [0, 0.1) is 0 Å². The number of thioether (sulfide) groups is 1. The normalized spacial score (nSPS) is 21.7. The van der Waals surface area contributed by atoms with E-state index in [-0.39, 0.29) is 0 Å². The fourth-order valence-corrected chi connectivity index (χ4v) is 3.65. The van der Waals surface area contributed by atoms with Crippen molar-refractivity contribution < 1.29 is 4.74 Å². The van der Waals surface area contributed by atoms with Gasteiger partial charge in [-0.1, -0.05) is 6.07 Å². The summed E-state index contributed by atoms with van der Waals surface area (Å²) in [5, 5.41) is 6.75. The van der Waals surface area contributed by atoms with E-state index < -0.39 is 0 Å². The molecule has 1 aliphatic rings. The fraction of sp³-hybridized carbons (Fsp3) is 0.625. The second-order valence-electron chi connectivity index (χ2n) is 5.62. The minimum atomic E-state index is 0.324. The number of aliphatic imine (C=N–C) groups is 1. The SMILES string of the molecule is CCNC(=NCc1cccc(OC)n1)NCC1(C)CCCS1. The van der Waals surface area contributed by atoms with Gasteiger partial charge in [0.05, 0.1) is 19.3 Å². The standard InChI is InChI=1S/C16H26N4OS/c1-4-17-15(19-12-16(2)9-6-10-22-16)18-11-13-7-5-8-14(20-13)21-3/h5,7-8H,4,6,9-12H2,1-3H3,(H2,17,18,19). The third-order valence-corrected chi connectivity index (χ3v) is 5.20. The molecule has 6 heteroatoms. The number of hydrogen-bond donors (Lipinski definition) is 2. The van der Waals surface area contributed by atoms with Crippen LogP contribution in [0.3, 0.4) is 0 Å². The molecular weight excluding hydrogens is 296 g/mol. The quantitative estimate of drug-likeness (QED) is 0.622. The van der Waals surface area contributed by atoms with Crippen LogP contribution in [-0.2, 0) is 6.54 Å². The average molecular weight is 322 g/mol. The van der Waals surface area contributed by atoms with Gasteiger partial charge in [0.25, 0.3) is 0 Å². The van der Waals surface area contributed by atoms with Gasteiger partial charge in [0.15, 0.2) is 5.96 Å². The van der Waals surface area contributed by atoms with Crippen LogP contribution in [0.5, 0.6) is 5.88 Å². The minimum Gasteiger partial charge on any atom is -0.481 e. The lowest BCUT2D eigenvalue weighted by Gasteiger charge is -2.24. The molecule has 5 nitrogen and oxygen atoms in total. The van der Waals surface area contributed by atoms with E-state index in [9.17, 15) is 0 Å². The van der Waals surface area contributed by atoms with Crippen molar-refractivity contribution in [2.45, 2.75) is 38.0 Å². The van der Waals surface area contributed by atoms with Gasteiger partial charge in [-0.2, -0.15) is 11.8 Å². The van der Waals surface area contributed by atoms with E-state index in [4.69, 9.17) is 4.74 Å². The highest BCUT2D eigenvalue weighted by Crippen LogP contribution is 2.36. The van der Waals surface area contributed by atoms with Crippen LogP contribution in [0.1, 0.15) is 32.4 Å². The van der Waals surface area contributed by atoms with Crippen molar-refractivity contribution in [1.82, 2.24) is 15.6 Å². The molecule has 1 unspecified atom stereocenters. The van der Waals surface area contributed by atoms with Gasteiger partial charge in [0.1, 0.15) is 0 Å². The van der Waals surface area contributed by atoms with Gasteiger partial charge < -0.3 is 15.4 Å². The van der Waals surface area contributed by atoms with Crippen molar-refractivity contribution in [3.63, 3.8) is 0 Å². The summed E-state index contributed by atoms with van der Waals surface area (Å²) in [5.41, 5.74) is 0.901. The van der Waals surface area contributed by atoms with Crippen LogP contribution in [0.4, 0.5) is 0 Å². The molecule has 1 aromatic heterocycles. The zero-order valence-corrected chi connectivity index (χ0v) is 14.5.